The number of rotatable bonds is 9. The fourth-order valence-electron chi connectivity index (χ4n) is 2.28. The molecule has 0 aliphatic carbocycles. The van der Waals surface area contributed by atoms with E-state index >= 15 is 0 Å². The van der Waals surface area contributed by atoms with Crippen molar-refractivity contribution < 1.29 is 9.47 Å². The smallest absolute Gasteiger partial charge is 0.142 e. The molecule has 0 atom stereocenters. The Morgan fingerprint density at radius 1 is 0.783 bits per heavy atom. The molecule has 0 heterocycles. The molecule has 0 aromatic heterocycles. The summed E-state index contributed by atoms with van der Waals surface area (Å²) >= 11 is 0. The zero-order valence-corrected chi connectivity index (χ0v) is 13.8. The number of aryl methyl sites for hydroxylation is 1. The van der Waals surface area contributed by atoms with Gasteiger partial charge in [-0.1, -0.05) is 12.1 Å². The summed E-state index contributed by atoms with van der Waals surface area (Å²) in [6.07, 6.45) is 4.31. The number of ether oxygens (including phenoxy) is 2. The van der Waals surface area contributed by atoms with Gasteiger partial charge >= 0.3 is 0 Å². The lowest BCUT2D eigenvalue weighted by Gasteiger charge is -2.09. The molecule has 0 radical (unpaired) electrons. The lowest BCUT2D eigenvalue weighted by molar-refractivity contribution is 0.288. The molecule has 0 spiro atoms. The zero-order valence-electron chi connectivity index (χ0n) is 13.8. The van der Waals surface area contributed by atoms with Crippen molar-refractivity contribution >= 4 is 11.4 Å². The second-order valence-electron chi connectivity index (χ2n) is 5.67. The highest BCUT2D eigenvalue weighted by atomic mass is 16.5. The van der Waals surface area contributed by atoms with Crippen LogP contribution in [0.15, 0.2) is 42.5 Å². The van der Waals surface area contributed by atoms with Crippen LogP contribution in [-0.2, 0) is 0 Å². The molecule has 0 fully saturated rings. The zero-order chi connectivity index (χ0) is 16.5. The second kappa shape index (κ2) is 8.93. The minimum atomic E-state index is 0.694. The van der Waals surface area contributed by atoms with Crippen molar-refractivity contribution in [1.82, 2.24) is 0 Å². The third-order valence-electron chi connectivity index (χ3n) is 3.73. The summed E-state index contributed by atoms with van der Waals surface area (Å²) in [5.41, 5.74) is 14.2. The minimum Gasteiger partial charge on any atom is -0.494 e. The van der Waals surface area contributed by atoms with Gasteiger partial charge in [0.2, 0.25) is 0 Å². The van der Waals surface area contributed by atoms with Crippen molar-refractivity contribution in [2.24, 2.45) is 0 Å². The highest BCUT2D eigenvalue weighted by molar-refractivity contribution is 5.51. The highest BCUT2D eigenvalue weighted by Crippen LogP contribution is 2.20. The summed E-state index contributed by atoms with van der Waals surface area (Å²) in [6, 6.07) is 13.4. The topological polar surface area (TPSA) is 70.5 Å². The summed E-state index contributed by atoms with van der Waals surface area (Å²) in [4.78, 5) is 0. The standard InChI is InChI=1S/C19H26N2O2/c1-15-14-16(10-11-17(15)20)22-12-6-2-3-7-13-23-19-9-5-4-8-18(19)21/h4-5,8-11,14H,2-3,6-7,12-13,20-21H2,1H3. The van der Waals surface area contributed by atoms with E-state index in [1.165, 1.54) is 0 Å². The lowest BCUT2D eigenvalue weighted by atomic mass is 10.2. The maximum Gasteiger partial charge on any atom is 0.142 e. The Morgan fingerprint density at radius 2 is 1.48 bits per heavy atom. The van der Waals surface area contributed by atoms with Gasteiger partial charge < -0.3 is 20.9 Å². The van der Waals surface area contributed by atoms with E-state index in [1.54, 1.807) is 0 Å². The molecule has 4 N–H and O–H groups in total. The number of hydrogen-bond donors (Lipinski definition) is 2. The quantitative estimate of drug-likeness (QED) is 0.538. The molecule has 23 heavy (non-hydrogen) atoms. The Kier molecular flexibility index (Phi) is 6.60. The first-order valence-electron chi connectivity index (χ1n) is 8.13. The first kappa shape index (κ1) is 17.0. The van der Waals surface area contributed by atoms with Crippen molar-refractivity contribution in [3.63, 3.8) is 0 Å². The van der Waals surface area contributed by atoms with Gasteiger partial charge in [0.25, 0.3) is 0 Å². The number of nitrogens with two attached hydrogens (primary N) is 2. The predicted octanol–water partition coefficient (Wildman–Crippen LogP) is 4.18. The Morgan fingerprint density at radius 3 is 2.17 bits per heavy atom. The molecule has 0 bridgehead atoms. The van der Waals surface area contributed by atoms with E-state index < -0.39 is 0 Å². The highest BCUT2D eigenvalue weighted by Gasteiger charge is 1.99. The average molecular weight is 314 g/mol. The molecule has 0 amide bonds. The van der Waals surface area contributed by atoms with Crippen LogP contribution >= 0.6 is 0 Å². The maximum atomic E-state index is 5.83. The van der Waals surface area contributed by atoms with Gasteiger partial charge in [-0.3, -0.25) is 0 Å². The first-order chi connectivity index (χ1) is 11.2. The monoisotopic (exact) mass is 314 g/mol. The number of hydrogen-bond acceptors (Lipinski definition) is 4. The summed E-state index contributed by atoms with van der Waals surface area (Å²) < 4.78 is 11.4. The van der Waals surface area contributed by atoms with Crippen molar-refractivity contribution in [2.75, 3.05) is 24.7 Å². The Balaban J connectivity index is 1.53. The third-order valence-corrected chi connectivity index (χ3v) is 3.73. The Bertz CT molecular complexity index is 614. The molecule has 4 heteroatoms. The maximum absolute atomic E-state index is 5.83. The van der Waals surface area contributed by atoms with Crippen molar-refractivity contribution in [2.45, 2.75) is 32.6 Å². The van der Waals surface area contributed by atoms with Gasteiger partial charge in [-0.15, -0.1) is 0 Å². The number of nitrogen functional groups attached to an aromatic ring is 2. The van der Waals surface area contributed by atoms with Crippen LogP contribution in [0.3, 0.4) is 0 Å². The van der Waals surface area contributed by atoms with Gasteiger partial charge in [-0.25, -0.2) is 0 Å². The predicted molar refractivity (Wildman–Crippen MR) is 95.9 cm³/mol. The molecule has 0 saturated heterocycles. The van der Waals surface area contributed by atoms with Crippen LogP contribution in [0, 0.1) is 6.92 Å². The molecule has 0 unspecified atom stereocenters. The molecule has 0 aliphatic heterocycles. The second-order valence-corrected chi connectivity index (χ2v) is 5.67. The first-order valence-corrected chi connectivity index (χ1v) is 8.13. The average Bonchev–Trinajstić information content (AvgIpc) is 2.55. The van der Waals surface area contributed by atoms with E-state index in [0.29, 0.717) is 12.3 Å². The van der Waals surface area contributed by atoms with E-state index in [2.05, 4.69) is 0 Å². The van der Waals surface area contributed by atoms with Crippen LogP contribution in [0.2, 0.25) is 0 Å². The van der Waals surface area contributed by atoms with E-state index in [1.807, 2.05) is 49.4 Å². The molecule has 124 valence electrons. The van der Waals surface area contributed by atoms with Gasteiger partial charge in [-0.2, -0.15) is 0 Å². The number of anilines is 2. The number of unbranched alkanes of at least 4 members (excludes halogenated alkanes) is 3. The van der Waals surface area contributed by atoms with Gasteiger partial charge in [0.1, 0.15) is 11.5 Å². The third kappa shape index (κ3) is 5.74. The van der Waals surface area contributed by atoms with E-state index in [0.717, 1.165) is 55.0 Å². The summed E-state index contributed by atoms with van der Waals surface area (Å²) in [5, 5.41) is 0. The van der Waals surface area contributed by atoms with Gasteiger partial charge in [0.15, 0.2) is 0 Å². The molecular formula is C19H26N2O2. The Hall–Kier alpha value is -2.36. The normalized spacial score (nSPS) is 10.5. The van der Waals surface area contributed by atoms with E-state index in [4.69, 9.17) is 20.9 Å². The Labute approximate surface area is 138 Å². The van der Waals surface area contributed by atoms with Crippen molar-refractivity contribution in [1.29, 1.82) is 0 Å². The number of benzene rings is 2. The van der Waals surface area contributed by atoms with Crippen molar-refractivity contribution in [3.8, 4) is 11.5 Å². The molecule has 2 aromatic rings. The van der Waals surface area contributed by atoms with Crippen LogP contribution in [0.5, 0.6) is 11.5 Å². The van der Waals surface area contributed by atoms with Crippen LogP contribution in [0.1, 0.15) is 31.2 Å². The van der Waals surface area contributed by atoms with Crippen molar-refractivity contribution in [3.05, 3.63) is 48.0 Å². The largest absolute Gasteiger partial charge is 0.494 e. The van der Waals surface area contributed by atoms with Gasteiger partial charge in [0, 0.05) is 5.69 Å². The van der Waals surface area contributed by atoms with Crippen LogP contribution in [-0.4, -0.2) is 13.2 Å². The van der Waals surface area contributed by atoms with E-state index in [-0.39, 0.29) is 0 Å². The molecular weight excluding hydrogens is 288 g/mol. The minimum absolute atomic E-state index is 0.694. The van der Waals surface area contributed by atoms with Gasteiger partial charge in [0.05, 0.1) is 18.9 Å². The summed E-state index contributed by atoms with van der Waals surface area (Å²) in [5.74, 6) is 1.66. The molecule has 0 saturated carbocycles. The lowest BCUT2D eigenvalue weighted by Crippen LogP contribution is -2.01. The molecule has 2 aromatic carbocycles. The fourth-order valence-corrected chi connectivity index (χ4v) is 2.28. The molecule has 2 rings (SSSR count). The van der Waals surface area contributed by atoms with E-state index in [9.17, 15) is 0 Å². The van der Waals surface area contributed by atoms with Crippen LogP contribution in [0.25, 0.3) is 0 Å². The summed E-state index contributed by atoms with van der Waals surface area (Å²) in [7, 11) is 0. The molecule has 4 nitrogen and oxygen atoms in total. The fraction of sp³-hybridized carbons (Fsp3) is 0.368. The number of para-hydroxylation sites is 2. The van der Waals surface area contributed by atoms with Crippen LogP contribution < -0.4 is 20.9 Å². The van der Waals surface area contributed by atoms with Gasteiger partial charge in [-0.05, 0) is 68.5 Å². The summed E-state index contributed by atoms with van der Waals surface area (Å²) in [6.45, 7) is 3.42. The van der Waals surface area contributed by atoms with Crippen LogP contribution in [0.4, 0.5) is 11.4 Å². The SMILES string of the molecule is Cc1cc(OCCCCCCOc2ccccc2N)ccc1N. The molecule has 0 aliphatic rings.